The Kier molecular flexibility index (Phi) is 12.1. The summed E-state index contributed by atoms with van der Waals surface area (Å²) in [6, 6.07) is 17.7. The van der Waals surface area contributed by atoms with Gasteiger partial charge in [0.1, 0.15) is 29.3 Å². The Hall–Kier alpha value is -7.28. The van der Waals surface area contributed by atoms with Crippen molar-refractivity contribution in [1.29, 1.82) is 0 Å². The molecule has 6 amide bonds. The van der Waals surface area contributed by atoms with Crippen molar-refractivity contribution >= 4 is 58.1 Å². The third-order valence-electron chi connectivity index (χ3n) is 13.7. The summed E-state index contributed by atoms with van der Waals surface area (Å²) in [4.78, 5) is 102. The zero-order valence-electron chi connectivity index (χ0n) is 37.2. The summed E-state index contributed by atoms with van der Waals surface area (Å²) >= 11 is 0. The van der Waals surface area contributed by atoms with E-state index in [0.717, 1.165) is 80.2 Å². The van der Waals surface area contributed by atoms with Crippen LogP contribution in [0.3, 0.4) is 0 Å². The van der Waals surface area contributed by atoms with E-state index in [0.29, 0.717) is 42.6 Å². The zero-order chi connectivity index (χ0) is 46.2. The molecular formula is C48H52N12O7. The van der Waals surface area contributed by atoms with Crippen LogP contribution in [0.2, 0.25) is 0 Å². The van der Waals surface area contributed by atoms with E-state index in [9.17, 15) is 28.8 Å². The summed E-state index contributed by atoms with van der Waals surface area (Å²) in [5.41, 5.74) is 5.30. The summed E-state index contributed by atoms with van der Waals surface area (Å²) in [5.74, 6) is -1.17. The lowest BCUT2D eigenvalue weighted by molar-refractivity contribution is -0.136. The fourth-order valence-corrected chi connectivity index (χ4v) is 9.85. The van der Waals surface area contributed by atoms with Crippen LogP contribution in [0, 0.1) is 12.8 Å². The van der Waals surface area contributed by atoms with Gasteiger partial charge in [0.05, 0.1) is 17.5 Å². The number of likely N-dealkylation sites (tertiary alicyclic amines) is 1. The van der Waals surface area contributed by atoms with E-state index in [2.05, 4.69) is 74.5 Å². The first-order valence-corrected chi connectivity index (χ1v) is 23.0. The lowest BCUT2D eigenvalue weighted by Gasteiger charge is -2.39. The van der Waals surface area contributed by atoms with Crippen LogP contribution in [-0.2, 0) is 20.9 Å². The van der Waals surface area contributed by atoms with Crippen LogP contribution >= 0.6 is 0 Å². The highest BCUT2D eigenvalue weighted by Gasteiger charge is 2.45. The van der Waals surface area contributed by atoms with Crippen molar-refractivity contribution in [2.75, 3.05) is 62.6 Å². The fraction of sp³-hybridized carbons (Fsp3) is 0.417. The van der Waals surface area contributed by atoms with Gasteiger partial charge in [-0.15, -0.1) is 0 Å². The Morgan fingerprint density at radius 2 is 1.64 bits per heavy atom. The van der Waals surface area contributed by atoms with Gasteiger partial charge in [0, 0.05) is 82.2 Å². The van der Waals surface area contributed by atoms with Crippen molar-refractivity contribution in [3.05, 3.63) is 101 Å². The number of piperazine rings is 1. The van der Waals surface area contributed by atoms with E-state index < -0.39 is 29.7 Å². The number of hydrogen-bond donors (Lipinski definition) is 3. The molecule has 0 radical (unpaired) electrons. The molecule has 0 spiro atoms. The van der Waals surface area contributed by atoms with Gasteiger partial charge in [-0.2, -0.15) is 0 Å². The van der Waals surface area contributed by atoms with Crippen LogP contribution < -0.4 is 25.6 Å². The number of rotatable bonds is 13. The molecule has 1 aliphatic carbocycles. The van der Waals surface area contributed by atoms with Crippen LogP contribution in [-0.4, -0.2) is 139 Å². The highest BCUT2D eigenvalue weighted by Crippen LogP contribution is 2.35. The number of carbonyl (C=O) groups is 6. The second-order valence-electron chi connectivity index (χ2n) is 18.1. The van der Waals surface area contributed by atoms with E-state index in [1.807, 2.05) is 30.3 Å². The summed E-state index contributed by atoms with van der Waals surface area (Å²) < 4.78 is 7.88. The van der Waals surface area contributed by atoms with Gasteiger partial charge in [0.15, 0.2) is 18.1 Å². The number of ether oxygens (including phenoxy) is 1. The van der Waals surface area contributed by atoms with Gasteiger partial charge in [-0.25, -0.2) is 19.9 Å². The fourth-order valence-electron chi connectivity index (χ4n) is 9.85. The third-order valence-corrected chi connectivity index (χ3v) is 13.7. The molecular weight excluding hydrogens is 857 g/mol. The molecule has 4 fully saturated rings. The second kappa shape index (κ2) is 18.5. The number of piperidine rings is 2. The summed E-state index contributed by atoms with van der Waals surface area (Å²) in [5, 5.41) is 8.78. The van der Waals surface area contributed by atoms with Gasteiger partial charge in [-0.1, -0.05) is 18.2 Å². The van der Waals surface area contributed by atoms with Gasteiger partial charge < -0.3 is 29.7 Å². The maximum absolute atomic E-state index is 13.2. The minimum absolute atomic E-state index is 0.0415. The average molecular weight is 909 g/mol. The zero-order valence-corrected chi connectivity index (χ0v) is 37.2. The van der Waals surface area contributed by atoms with Crippen molar-refractivity contribution in [3.8, 4) is 5.75 Å². The number of nitrogens with one attached hydrogen (secondary N) is 3. The minimum Gasteiger partial charge on any atom is -0.484 e. The summed E-state index contributed by atoms with van der Waals surface area (Å²) in [6.45, 7) is 8.27. The van der Waals surface area contributed by atoms with E-state index in [1.54, 1.807) is 18.5 Å². The molecule has 7 heterocycles. The molecule has 3 saturated heterocycles. The Bertz CT molecular complexity index is 2760. The predicted molar refractivity (Wildman–Crippen MR) is 244 cm³/mol. The van der Waals surface area contributed by atoms with Crippen LogP contribution in [0.15, 0.2) is 73.3 Å². The first kappa shape index (κ1) is 43.6. The van der Waals surface area contributed by atoms with Crippen LogP contribution in [0.4, 0.5) is 11.5 Å². The van der Waals surface area contributed by atoms with Gasteiger partial charge in [0.2, 0.25) is 11.8 Å². The monoisotopic (exact) mass is 908 g/mol. The second-order valence-corrected chi connectivity index (χ2v) is 18.1. The molecule has 1 saturated carbocycles. The van der Waals surface area contributed by atoms with E-state index in [4.69, 9.17) is 4.74 Å². The lowest BCUT2D eigenvalue weighted by atomic mass is 9.86. The molecule has 1 unspecified atom stereocenters. The molecule has 0 bridgehead atoms. The third kappa shape index (κ3) is 9.15. The molecule has 5 aromatic rings. The number of imide groups is 2. The first-order chi connectivity index (χ1) is 32.5. The molecule has 3 N–H and O–H groups in total. The van der Waals surface area contributed by atoms with Gasteiger partial charge in [-0.05, 0) is 93.0 Å². The van der Waals surface area contributed by atoms with E-state index >= 15 is 0 Å². The predicted octanol–water partition coefficient (Wildman–Crippen LogP) is 3.12. The number of hydrogen-bond acceptors (Lipinski definition) is 14. The van der Waals surface area contributed by atoms with Gasteiger partial charge >= 0.3 is 0 Å². The van der Waals surface area contributed by atoms with Crippen LogP contribution in [0.5, 0.6) is 5.75 Å². The molecule has 5 aliphatic rings. The molecule has 3 aromatic heterocycles. The van der Waals surface area contributed by atoms with Crippen LogP contribution in [0.1, 0.15) is 87.0 Å². The number of fused-ring (bicyclic) bond motifs is 2. The summed E-state index contributed by atoms with van der Waals surface area (Å²) in [6.07, 6.45) is 6.87. The number of nitrogens with zero attached hydrogens (tertiary/aromatic N) is 9. The van der Waals surface area contributed by atoms with Gasteiger partial charge in [0.25, 0.3) is 23.6 Å². The van der Waals surface area contributed by atoms with Crippen molar-refractivity contribution in [2.24, 2.45) is 5.92 Å². The van der Waals surface area contributed by atoms with Crippen molar-refractivity contribution in [2.45, 2.75) is 70.1 Å². The van der Waals surface area contributed by atoms with Gasteiger partial charge in [-0.3, -0.25) is 43.9 Å². The standard InChI is InChI=1S/C48H52N12O7/c1-29-4-2-7-38(53-29)45(63)54-32-21-34(22-32)59-28-52-42-43(50-27-51-44(42)59)49-24-31-5-3-6-33(20-31)57-18-16-56(17-19-57)25-30-12-14-58(15-13-30)41(62)26-67-35-8-9-36-37(23-35)48(66)60(47(36)65)39-10-11-40(61)55-46(39)64/h2-9,20,23,27-28,30,32,34,39H,10-19,21-22,24-26H2,1H3,(H,54,63)(H,49,50,51)(H,55,61,64). The molecule has 19 heteroatoms. The largest absolute Gasteiger partial charge is 0.484 e. The average Bonchev–Trinajstić information content (AvgIpc) is 3.86. The molecule has 4 aliphatic heterocycles. The molecule has 1 atom stereocenters. The Morgan fingerprint density at radius 1 is 0.851 bits per heavy atom. The number of aromatic nitrogens is 5. The first-order valence-electron chi connectivity index (χ1n) is 23.0. The van der Waals surface area contributed by atoms with E-state index in [1.165, 1.54) is 17.8 Å². The maximum Gasteiger partial charge on any atom is 0.270 e. The Morgan fingerprint density at radius 3 is 2.43 bits per heavy atom. The molecule has 67 heavy (non-hydrogen) atoms. The quantitative estimate of drug-likeness (QED) is 0.145. The lowest BCUT2D eigenvalue weighted by Crippen LogP contribution is -2.54. The number of benzene rings is 2. The highest BCUT2D eigenvalue weighted by atomic mass is 16.5. The van der Waals surface area contributed by atoms with Crippen LogP contribution in [0.25, 0.3) is 11.2 Å². The SMILES string of the molecule is Cc1cccc(C(=O)NC2CC(n3cnc4c(NCc5cccc(N6CCN(CC7CCN(C(=O)COc8ccc9c(c8)C(=O)N(C8CCC(=O)NC8=O)C9=O)CC7)CC6)c5)ncnc43)C2)n1. The number of pyridine rings is 1. The number of amides is 6. The topological polar surface area (TPSA) is 217 Å². The van der Waals surface area contributed by atoms with Crippen molar-refractivity contribution in [1.82, 2.24) is 49.8 Å². The molecule has 346 valence electrons. The number of aryl methyl sites for hydroxylation is 1. The minimum atomic E-state index is -1.05. The number of anilines is 2. The highest BCUT2D eigenvalue weighted by molar-refractivity contribution is 6.23. The number of imidazole rings is 1. The molecule has 2 aromatic carbocycles. The smallest absolute Gasteiger partial charge is 0.270 e. The number of carbonyl (C=O) groups excluding carboxylic acids is 6. The maximum atomic E-state index is 13.2. The Balaban J connectivity index is 0.648. The Labute approximate surface area is 386 Å². The van der Waals surface area contributed by atoms with Crippen molar-refractivity contribution < 1.29 is 33.5 Å². The van der Waals surface area contributed by atoms with E-state index in [-0.39, 0.29) is 60.2 Å². The molecule has 19 nitrogen and oxygen atoms in total. The van der Waals surface area contributed by atoms with Crippen molar-refractivity contribution in [3.63, 3.8) is 0 Å². The summed E-state index contributed by atoms with van der Waals surface area (Å²) in [7, 11) is 0. The normalized spacial score (nSPS) is 21.3. The molecule has 10 rings (SSSR count).